The fraction of sp³-hybridized carbons (Fsp3) is 0.600. The summed E-state index contributed by atoms with van der Waals surface area (Å²) in [6.07, 6.45) is 0.828. The molecule has 1 atom stereocenters. The SMILES string of the molecule is O=S(=O)(CC1CCOC1)N1CCN(c2c(Cl)cccc2Cl)CC1. The van der Waals surface area contributed by atoms with Gasteiger partial charge in [-0.3, -0.25) is 0 Å². The molecular formula is C15H20Cl2N2O3S. The molecule has 23 heavy (non-hydrogen) atoms. The second-order valence-electron chi connectivity index (χ2n) is 5.96. The second kappa shape index (κ2) is 7.15. The molecule has 0 amide bonds. The third kappa shape index (κ3) is 3.94. The predicted octanol–water partition coefficient (Wildman–Crippen LogP) is 2.48. The number of ether oxygens (including phenoxy) is 1. The second-order valence-corrected chi connectivity index (χ2v) is 8.79. The van der Waals surface area contributed by atoms with E-state index in [1.54, 1.807) is 22.5 Å². The van der Waals surface area contributed by atoms with E-state index >= 15 is 0 Å². The van der Waals surface area contributed by atoms with Gasteiger partial charge in [-0.2, -0.15) is 4.31 Å². The maximum Gasteiger partial charge on any atom is 0.214 e. The molecule has 2 aliphatic rings. The molecule has 1 aromatic rings. The normalized spacial score (nSPS) is 23.4. The van der Waals surface area contributed by atoms with E-state index in [0.29, 0.717) is 49.4 Å². The zero-order chi connectivity index (χ0) is 16.4. The third-order valence-electron chi connectivity index (χ3n) is 4.36. The van der Waals surface area contributed by atoms with E-state index in [1.165, 1.54) is 0 Å². The highest BCUT2D eigenvalue weighted by Gasteiger charge is 2.31. The number of piperazine rings is 1. The number of para-hydroxylation sites is 1. The van der Waals surface area contributed by atoms with E-state index in [9.17, 15) is 8.42 Å². The summed E-state index contributed by atoms with van der Waals surface area (Å²) in [5.74, 6) is 0.302. The zero-order valence-electron chi connectivity index (χ0n) is 12.7. The minimum absolute atomic E-state index is 0.121. The molecular weight excluding hydrogens is 359 g/mol. The van der Waals surface area contributed by atoms with Crippen LogP contribution in [0.15, 0.2) is 18.2 Å². The van der Waals surface area contributed by atoms with Gasteiger partial charge in [-0.1, -0.05) is 29.3 Å². The van der Waals surface area contributed by atoms with Gasteiger partial charge >= 0.3 is 0 Å². The summed E-state index contributed by atoms with van der Waals surface area (Å²) < 4.78 is 31.9. The Kier molecular flexibility index (Phi) is 5.38. The van der Waals surface area contributed by atoms with Crippen molar-refractivity contribution in [1.29, 1.82) is 0 Å². The number of hydrogen-bond acceptors (Lipinski definition) is 4. The first kappa shape index (κ1) is 17.3. The monoisotopic (exact) mass is 378 g/mol. The van der Waals surface area contributed by atoms with Crippen molar-refractivity contribution in [3.63, 3.8) is 0 Å². The first-order valence-corrected chi connectivity index (χ1v) is 10.1. The quantitative estimate of drug-likeness (QED) is 0.807. The molecule has 2 saturated heterocycles. The smallest absolute Gasteiger partial charge is 0.214 e. The van der Waals surface area contributed by atoms with Gasteiger partial charge in [0, 0.05) is 32.8 Å². The van der Waals surface area contributed by atoms with Crippen molar-refractivity contribution >= 4 is 38.9 Å². The summed E-state index contributed by atoms with van der Waals surface area (Å²) in [5, 5.41) is 1.19. The van der Waals surface area contributed by atoms with Crippen LogP contribution >= 0.6 is 23.2 Å². The van der Waals surface area contributed by atoms with Gasteiger partial charge in [0.15, 0.2) is 0 Å². The number of sulfonamides is 1. The fourth-order valence-electron chi connectivity index (χ4n) is 3.10. The highest BCUT2D eigenvalue weighted by Crippen LogP contribution is 2.34. The maximum atomic E-state index is 12.5. The Morgan fingerprint density at radius 3 is 2.35 bits per heavy atom. The summed E-state index contributed by atoms with van der Waals surface area (Å²) in [4.78, 5) is 2.05. The largest absolute Gasteiger partial charge is 0.381 e. The summed E-state index contributed by atoms with van der Waals surface area (Å²) in [6.45, 7) is 3.30. The van der Waals surface area contributed by atoms with Crippen LogP contribution in [0.4, 0.5) is 5.69 Å². The first-order valence-electron chi connectivity index (χ1n) is 7.72. The average Bonchev–Trinajstić information content (AvgIpc) is 3.00. The molecule has 0 spiro atoms. The molecule has 5 nitrogen and oxygen atoms in total. The topological polar surface area (TPSA) is 49.9 Å². The summed E-state index contributed by atoms with van der Waals surface area (Å²) in [7, 11) is -3.23. The molecule has 3 rings (SSSR count). The minimum Gasteiger partial charge on any atom is -0.381 e. The van der Waals surface area contributed by atoms with Crippen LogP contribution < -0.4 is 4.90 Å². The van der Waals surface area contributed by atoms with Crippen molar-refractivity contribution in [2.24, 2.45) is 5.92 Å². The molecule has 1 unspecified atom stereocenters. The van der Waals surface area contributed by atoms with Gasteiger partial charge in [-0.15, -0.1) is 0 Å². The van der Waals surface area contributed by atoms with Crippen LogP contribution in [0.5, 0.6) is 0 Å². The molecule has 0 radical (unpaired) electrons. The Hall–Kier alpha value is -0.530. The Balaban J connectivity index is 1.64. The van der Waals surface area contributed by atoms with Crippen molar-refractivity contribution in [3.05, 3.63) is 28.2 Å². The van der Waals surface area contributed by atoms with E-state index in [2.05, 4.69) is 4.90 Å². The van der Waals surface area contributed by atoms with E-state index < -0.39 is 10.0 Å². The summed E-state index contributed by atoms with van der Waals surface area (Å²) in [6, 6.07) is 5.40. The van der Waals surface area contributed by atoms with Crippen LogP contribution in [-0.2, 0) is 14.8 Å². The molecule has 2 aliphatic heterocycles. The number of hydrogen-bond donors (Lipinski definition) is 0. The van der Waals surface area contributed by atoms with Crippen LogP contribution in [0, 0.1) is 5.92 Å². The average molecular weight is 379 g/mol. The summed E-state index contributed by atoms with van der Waals surface area (Å²) >= 11 is 12.5. The Morgan fingerprint density at radius 2 is 1.78 bits per heavy atom. The molecule has 0 saturated carbocycles. The molecule has 0 aliphatic carbocycles. The molecule has 2 fully saturated rings. The van der Waals surface area contributed by atoms with Crippen molar-refractivity contribution in [2.45, 2.75) is 6.42 Å². The van der Waals surface area contributed by atoms with E-state index in [0.717, 1.165) is 12.1 Å². The zero-order valence-corrected chi connectivity index (χ0v) is 15.1. The highest BCUT2D eigenvalue weighted by molar-refractivity contribution is 7.89. The first-order chi connectivity index (χ1) is 11.0. The number of rotatable bonds is 4. The lowest BCUT2D eigenvalue weighted by Crippen LogP contribution is -2.50. The van der Waals surface area contributed by atoms with Crippen LogP contribution in [0.3, 0.4) is 0 Å². The van der Waals surface area contributed by atoms with Crippen LogP contribution in [-0.4, -0.2) is 57.9 Å². The lowest BCUT2D eigenvalue weighted by molar-refractivity contribution is 0.188. The van der Waals surface area contributed by atoms with Gasteiger partial charge in [0.1, 0.15) is 0 Å². The number of anilines is 1. The molecule has 0 N–H and O–H groups in total. The molecule has 8 heteroatoms. The Labute approximate surface area is 147 Å². The van der Waals surface area contributed by atoms with Crippen LogP contribution in [0.25, 0.3) is 0 Å². The number of halogens is 2. The van der Waals surface area contributed by atoms with Gasteiger partial charge in [-0.05, 0) is 24.5 Å². The molecule has 1 aromatic carbocycles. The van der Waals surface area contributed by atoms with Gasteiger partial charge in [0.2, 0.25) is 10.0 Å². The number of nitrogens with zero attached hydrogens (tertiary/aromatic N) is 2. The Bertz CT molecular complexity index is 634. The highest BCUT2D eigenvalue weighted by atomic mass is 35.5. The Morgan fingerprint density at radius 1 is 1.13 bits per heavy atom. The van der Waals surface area contributed by atoms with E-state index in [1.807, 2.05) is 0 Å². The van der Waals surface area contributed by atoms with E-state index in [4.69, 9.17) is 27.9 Å². The predicted molar refractivity (Wildman–Crippen MR) is 93.0 cm³/mol. The molecule has 128 valence electrons. The van der Waals surface area contributed by atoms with Crippen molar-refractivity contribution in [1.82, 2.24) is 4.31 Å². The van der Waals surface area contributed by atoms with Gasteiger partial charge < -0.3 is 9.64 Å². The van der Waals surface area contributed by atoms with Crippen molar-refractivity contribution < 1.29 is 13.2 Å². The number of benzene rings is 1. The molecule has 2 heterocycles. The van der Waals surface area contributed by atoms with Gasteiger partial charge in [0.05, 0.1) is 28.1 Å². The standard InChI is InChI=1S/C15H20Cl2N2O3S/c16-13-2-1-3-14(17)15(13)18-5-7-19(8-6-18)23(20,21)11-12-4-9-22-10-12/h1-3,12H,4-11H2. The van der Waals surface area contributed by atoms with Crippen LogP contribution in [0.1, 0.15) is 6.42 Å². The van der Waals surface area contributed by atoms with Crippen LogP contribution in [0.2, 0.25) is 10.0 Å². The van der Waals surface area contributed by atoms with Crippen molar-refractivity contribution in [2.75, 3.05) is 50.0 Å². The molecule has 0 aromatic heterocycles. The lowest BCUT2D eigenvalue weighted by Gasteiger charge is -2.36. The fourth-order valence-corrected chi connectivity index (χ4v) is 5.52. The van der Waals surface area contributed by atoms with Gasteiger partial charge in [0.25, 0.3) is 0 Å². The van der Waals surface area contributed by atoms with Gasteiger partial charge in [-0.25, -0.2) is 8.42 Å². The maximum absolute atomic E-state index is 12.5. The summed E-state index contributed by atoms with van der Waals surface area (Å²) in [5.41, 5.74) is 0.789. The molecule has 0 bridgehead atoms. The van der Waals surface area contributed by atoms with Crippen molar-refractivity contribution in [3.8, 4) is 0 Å². The lowest BCUT2D eigenvalue weighted by atomic mass is 10.2. The van der Waals surface area contributed by atoms with E-state index in [-0.39, 0.29) is 11.7 Å². The minimum atomic E-state index is -3.23. The third-order valence-corrected chi connectivity index (χ3v) is 7.01.